The van der Waals surface area contributed by atoms with Crippen LogP contribution < -0.4 is 10.6 Å². The summed E-state index contributed by atoms with van der Waals surface area (Å²) < 4.78 is 37.9. The minimum Gasteiger partial charge on any atom is -0.348 e. The molecule has 2 N–H and O–H groups in total. The average molecular weight is 455 g/mol. The maximum absolute atomic E-state index is 13.0. The molecule has 0 aliphatic carbocycles. The van der Waals surface area contributed by atoms with Crippen LogP contribution in [0.3, 0.4) is 0 Å². The molecule has 0 atom stereocenters. The Balaban J connectivity index is 1.58. The Morgan fingerprint density at radius 2 is 1.59 bits per heavy atom. The molecule has 0 aliphatic rings. The average Bonchev–Trinajstić information content (AvgIpc) is 2.74. The molecule has 0 saturated heterocycles. The molecule has 0 bridgehead atoms. The van der Waals surface area contributed by atoms with E-state index in [1.54, 1.807) is 42.5 Å². The molecular formula is C24H23FN2O4S. The summed E-state index contributed by atoms with van der Waals surface area (Å²) >= 11 is 0. The lowest BCUT2D eigenvalue weighted by Crippen LogP contribution is -2.24. The summed E-state index contributed by atoms with van der Waals surface area (Å²) in [6.07, 6.45) is 0. The maximum atomic E-state index is 13.0. The van der Waals surface area contributed by atoms with Crippen LogP contribution in [0.4, 0.5) is 10.1 Å². The summed E-state index contributed by atoms with van der Waals surface area (Å²) in [6, 6.07) is 19.0. The molecule has 3 aromatic rings. The Bertz CT molecular complexity index is 1210. The first-order chi connectivity index (χ1) is 15.2. The standard InChI is InChI=1S/C24H23FN2O4S/c1-17-5-11-22(12-6-17)27-23(28)16-32(30,31)15-19-3-2-4-20(13-19)24(29)26-14-18-7-9-21(25)10-8-18/h2-13H,14-16H2,1H3,(H,26,29)(H,27,28). The number of amides is 2. The van der Waals surface area contributed by atoms with Gasteiger partial charge in [-0.2, -0.15) is 0 Å². The van der Waals surface area contributed by atoms with Crippen LogP contribution in [-0.2, 0) is 26.9 Å². The van der Waals surface area contributed by atoms with Crippen LogP contribution in [0, 0.1) is 12.7 Å². The van der Waals surface area contributed by atoms with Crippen molar-refractivity contribution in [3.63, 3.8) is 0 Å². The SMILES string of the molecule is Cc1ccc(NC(=O)CS(=O)(=O)Cc2cccc(C(=O)NCc3ccc(F)cc3)c2)cc1. The van der Waals surface area contributed by atoms with Crippen molar-refractivity contribution in [2.24, 2.45) is 0 Å². The number of hydrogen-bond donors (Lipinski definition) is 2. The first-order valence-corrected chi connectivity index (χ1v) is 11.7. The van der Waals surface area contributed by atoms with Crippen molar-refractivity contribution in [1.29, 1.82) is 0 Å². The normalized spacial score (nSPS) is 11.1. The van der Waals surface area contributed by atoms with E-state index >= 15 is 0 Å². The van der Waals surface area contributed by atoms with Crippen LogP contribution in [0.1, 0.15) is 27.0 Å². The largest absolute Gasteiger partial charge is 0.348 e. The molecule has 3 rings (SSSR count). The molecule has 32 heavy (non-hydrogen) atoms. The van der Waals surface area contributed by atoms with E-state index in [0.29, 0.717) is 16.8 Å². The summed E-state index contributed by atoms with van der Waals surface area (Å²) in [7, 11) is -3.74. The van der Waals surface area contributed by atoms with Crippen LogP contribution in [0.25, 0.3) is 0 Å². The molecule has 2 amide bonds. The van der Waals surface area contributed by atoms with Gasteiger partial charge in [0.2, 0.25) is 5.91 Å². The molecule has 0 spiro atoms. The second-order valence-electron chi connectivity index (χ2n) is 7.46. The van der Waals surface area contributed by atoms with Crippen molar-refractivity contribution >= 4 is 27.3 Å². The van der Waals surface area contributed by atoms with Gasteiger partial charge in [-0.15, -0.1) is 0 Å². The number of rotatable bonds is 8. The monoisotopic (exact) mass is 454 g/mol. The van der Waals surface area contributed by atoms with Gasteiger partial charge in [0.25, 0.3) is 5.91 Å². The highest BCUT2D eigenvalue weighted by atomic mass is 32.2. The Morgan fingerprint density at radius 1 is 0.906 bits per heavy atom. The van der Waals surface area contributed by atoms with E-state index in [4.69, 9.17) is 0 Å². The van der Waals surface area contributed by atoms with Crippen molar-refractivity contribution in [2.45, 2.75) is 19.2 Å². The van der Waals surface area contributed by atoms with Gasteiger partial charge in [-0.05, 0) is 54.4 Å². The zero-order valence-corrected chi connectivity index (χ0v) is 18.3. The van der Waals surface area contributed by atoms with E-state index in [1.165, 1.54) is 18.2 Å². The summed E-state index contributed by atoms with van der Waals surface area (Å²) in [6.45, 7) is 2.12. The molecule has 6 nitrogen and oxygen atoms in total. The molecule has 0 aromatic heterocycles. The predicted octanol–water partition coefficient (Wildman–Crippen LogP) is 3.62. The van der Waals surface area contributed by atoms with Crippen molar-refractivity contribution < 1.29 is 22.4 Å². The van der Waals surface area contributed by atoms with Crippen LogP contribution in [0.15, 0.2) is 72.8 Å². The van der Waals surface area contributed by atoms with E-state index in [9.17, 15) is 22.4 Å². The molecule has 0 radical (unpaired) electrons. The Labute approximate surface area is 186 Å². The van der Waals surface area contributed by atoms with E-state index in [1.807, 2.05) is 19.1 Å². The van der Waals surface area contributed by atoms with E-state index in [0.717, 1.165) is 11.1 Å². The Morgan fingerprint density at radius 3 is 2.28 bits per heavy atom. The van der Waals surface area contributed by atoms with Crippen molar-refractivity contribution in [3.05, 3.63) is 101 Å². The van der Waals surface area contributed by atoms with Crippen molar-refractivity contribution in [3.8, 4) is 0 Å². The minimum absolute atomic E-state index is 0.209. The summed E-state index contributed by atoms with van der Waals surface area (Å²) in [5, 5.41) is 5.28. The topological polar surface area (TPSA) is 92.3 Å². The molecule has 0 fully saturated rings. The fraction of sp³-hybridized carbons (Fsp3) is 0.167. The summed E-state index contributed by atoms with van der Waals surface area (Å²) in [4.78, 5) is 24.6. The lowest BCUT2D eigenvalue weighted by molar-refractivity contribution is -0.113. The number of anilines is 1. The van der Waals surface area contributed by atoms with E-state index < -0.39 is 21.5 Å². The van der Waals surface area contributed by atoms with Crippen LogP contribution in [0.2, 0.25) is 0 Å². The lowest BCUT2D eigenvalue weighted by atomic mass is 10.1. The highest BCUT2D eigenvalue weighted by molar-refractivity contribution is 7.91. The van der Waals surface area contributed by atoms with Crippen molar-refractivity contribution in [1.82, 2.24) is 5.32 Å². The molecule has 0 unspecified atom stereocenters. The number of sulfone groups is 1. The number of hydrogen-bond acceptors (Lipinski definition) is 4. The number of benzene rings is 3. The highest BCUT2D eigenvalue weighted by Crippen LogP contribution is 2.13. The fourth-order valence-corrected chi connectivity index (χ4v) is 4.29. The van der Waals surface area contributed by atoms with Crippen molar-refractivity contribution in [2.75, 3.05) is 11.1 Å². The van der Waals surface area contributed by atoms with Crippen LogP contribution in [0.5, 0.6) is 0 Å². The van der Waals surface area contributed by atoms with Crippen LogP contribution in [-0.4, -0.2) is 26.0 Å². The number of nitrogens with one attached hydrogen (secondary N) is 2. The Kier molecular flexibility index (Phi) is 7.37. The van der Waals surface area contributed by atoms with Gasteiger partial charge in [-0.1, -0.05) is 42.0 Å². The second kappa shape index (κ2) is 10.2. The van der Waals surface area contributed by atoms with Gasteiger partial charge >= 0.3 is 0 Å². The van der Waals surface area contributed by atoms with E-state index in [2.05, 4.69) is 10.6 Å². The van der Waals surface area contributed by atoms with Gasteiger partial charge in [0.1, 0.15) is 11.6 Å². The fourth-order valence-electron chi connectivity index (χ4n) is 3.03. The highest BCUT2D eigenvalue weighted by Gasteiger charge is 2.18. The third-order valence-corrected chi connectivity index (χ3v) is 6.10. The minimum atomic E-state index is -3.74. The van der Waals surface area contributed by atoms with E-state index in [-0.39, 0.29) is 24.0 Å². The summed E-state index contributed by atoms with van der Waals surface area (Å²) in [5.74, 6) is -2.40. The molecule has 3 aromatic carbocycles. The van der Waals surface area contributed by atoms with Gasteiger partial charge < -0.3 is 10.6 Å². The number of carbonyl (C=O) groups excluding carboxylic acids is 2. The lowest BCUT2D eigenvalue weighted by Gasteiger charge is -2.09. The predicted molar refractivity (Wildman–Crippen MR) is 121 cm³/mol. The number of aryl methyl sites for hydroxylation is 1. The first kappa shape index (κ1) is 23.1. The third-order valence-electron chi connectivity index (χ3n) is 4.63. The van der Waals surface area contributed by atoms with Gasteiger partial charge in [-0.3, -0.25) is 9.59 Å². The molecule has 166 valence electrons. The molecule has 8 heteroatoms. The maximum Gasteiger partial charge on any atom is 0.251 e. The number of halogens is 1. The summed E-state index contributed by atoms with van der Waals surface area (Å²) in [5.41, 5.74) is 2.98. The third kappa shape index (κ3) is 7.02. The van der Waals surface area contributed by atoms with Crippen LogP contribution >= 0.6 is 0 Å². The second-order valence-corrected chi connectivity index (χ2v) is 9.52. The Hall–Kier alpha value is -3.52. The smallest absolute Gasteiger partial charge is 0.251 e. The molecule has 0 heterocycles. The molecular weight excluding hydrogens is 431 g/mol. The number of carbonyl (C=O) groups is 2. The quantitative estimate of drug-likeness (QED) is 0.544. The zero-order chi connectivity index (χ0) is 23.1. The van der Waals surface area contributed by atoms with Gasteiger partial charge in [-0.25, -0.2) is 12.8 Å². The zero-order valence-electron chi connectivity index (χ0n) is 17.5. The molecule has 0 saturated carbocycles. The molecule has 0 aliphatic heterocycles. The van der Waals surface area contributed by atoms with Gasteiger partial charge in [0, 0.05) is 17.8 Å². The first-order valence-electron chi connectivity index (χ1n) is 9.89. The van der Waals surface area contributed by atoms with Gasteiger partial charge in [0.15, 0.2) is 9.84 Å². The van der Waals surface area contributed by atoms with Gasteiger partial charge in [0.05, 0.1) is 5.75 Å².